The van der Waals surface area contributed by atoms with E-state index in [-0.39, 0.29) is 12.5 Å². The molecule has 0 saturated carbocycles. The number of carbonyl (C=O) groups is 1. The second-order valence-corrected chi connectivity index (χ2v) is 8.96. The normalized spacial score (nSPS) is 16.6. The molecule has 7 heteroatoms. The van der Waals surface area contributed by atoms with Crippen LogP contribution in [-0.2, 0) is 16.1 Å². The molecule has 34 heavy (non-hydrogen) atoms. The van der Waals surface area contributed by atoms with Crippen LogP contribution in [0, 0.1) is 0 Å². The predicted molar refractivity (Wildman–Crippen MR) is 137 cm³/mol. The Morgan fingerprint density at radius 2 is 1.94 bits per heavy atom. The fraction of sp³-hybridized carbons (Fsp3) is 0.296. The largest absolute Gasteiger partial charge is 0.389 e. The molecule has 0 aromatic heterocycles. The maximum absolute atomic E-state index is 12.0. The molecule has 4 rings (SSSR count). The molecule has 1 aliphatic carbocycles. The number of rotatable bonds is 10. The van der Waals surface area contributed by atoms with Crippen molar-refractivity contribution in [1.82, 2.24) is 4.90 Å². The van der Waals surface area contributed by atoms with Gasteiger partial charge in [0, 0.05) is 54.7 Å². The summed E-state index contributed by atoms with van der Waals surface area (Å²) in [5.41, 5.74) is 4.81. The standard InChI is InChI=1S/C27H30ClN3O3/c1-20(22-7-8-23(28)15-22)30(17-21-5-3-2-4-6-21)18-26(32)16-29-24-9-11-25(12-10-24)31-13-14-34-19-27(31)33/h2-12,26,29,32H,1,13-19H2. The van der Waals surface area contributed by atoms with Crippen LogP contribution in [0.3, 0.4) is 0 Å². The van der Waals surface area contributed by atoms with Gasteiger partial charge in [0.15, 0.2) is 0 Å². The summed E-state index contributed by atoms with van der Waals surface area (Å²) in [6, 6.07) is 17.8. The molecular weight excluding hydrogens is 450 g/mol. The highest BCUT2D eigenvalue weighted by Crippen LogP contribution is 2.29. The van der Waals surface area contributed by atoms with Gasteiger partial charge < -0.3 is 25.0 Å². The molecule has 2 aromatic carbocycles. The van der Waals surface area contributed by atoms with Gasteiger partial charge in [0.1, 0.15) is 6.61 Å². The fourth-order valence-corrected chi connectivity index (χ4v) is 4.28. The first-order valence-corrected chi connectivity index (χ1v) is 11.8. The Morgan fingerprint density at radius 1 is 1.18 bits per heavy atom. The van der Waals surface area contributed by atoms with Gasteiger partial charge in [0.2, 0.25) is 0 Å². The van der Waals surface area contributed by atoms with E-state index in [4.69, 9.17) is 16.3 Å². The maximum Gasteiger partial charge on any atom is 0.253 e. The number of nitrogens with one attached hydrogen (secondary N) is 1. The number of hydrogen-bond acceptors (Lipinski definition) is 5. The summed E-state index contributed by atoms with van der Waals surface area (Å²) < 4.78 is 5.19. The van der Waals surface area contributed by atoms with Crippen LogP contribution in [0.2, 0.25) is 0 Å². The Kier molecular flexibility index (Phi) is 8.06. The monoisotopic (exact) mass is 479 g/mol. The number of hydrogen-bond donors (Lipinski definition) is 2. The number of allylic oxidation sites excluding steroid dienone is 4. The Balaban J connectivity index is 1.35. The lowest BCUT2D eigenvalue weighted by atomic mass is 10.1. The molecule has 1 unspecified atom stereocenters. The number of aliphatic hydroxyl groups excluding tert-OH is 1. The van der Waals surface area contributed by atoms with E-state index in [2.05, 4.69) is 28.9 Å². The van der Waals surface area contributed by atoms with E-state index in [1.807, 2.05) is 54.6 Å². The van der Waals surface area contributed by atoms with Crippen LogP contribution in [0.25, 0.3) is 0 Å². The molecule has 178 valence electrons. The zero-order chi connectivity index (χ0) is 23.9. The Bertz CT molecular complexity index is 1070. The topological polar surface area (TPSA) is 65.0 Å². The van der Waals surface area contributed by atoms with Crippen molar-refractivity contribution in [1.29, 1.82) is 0 Å². The summed E-state index contributed by atoms with van der Waals surface area (Å²) in [6.07, 6.45) is 3.94. The van der Waals surface area contributed by atoms with Crippen molar-refractivity contribution in [3.8, 4) is 0 Å². The zero-order valence-corrected chi connectivity index (χ0v) is 19.9. The van der Waals surface area contributed by atoms with E-state index in [1.54, 1.807) is 4.90 Å². The molecule has 6 nitrogen and oxygen atoms in total. The average Bonchev–Trinajstić information content (AvgIpc) is 3.29. The van der Waals surface area contributed by atoms with Crippen molar-refractivity contribution < 1.29 is 14.6 Å². The van der Waals surface area contributed by atoms with Crippen LogP contribution in [-0.4, -0.2) is 54.9 Å². The zero-order valence-electron chi connectivity index (χ0n) is 19.1. The molecule has 2 N–H and O–H groups in total. The molecule has 0 radical (unpaired) electrons. The van der Waals surface area contributed by atoms with Crippen LogP contribution in [0.1, 0.15) is 12.0 Å². The molecule has 1 atom stereocenters. The van der Waals surface area contributed by atoms with Gasteiger partial charge >= 0.3 is 0 Å². The summed E-state index contributed by atoms with van der Waals surface area (Å²) in [5, 5.41) is 14.9. The quantitative estimate of drug-likeness (QED) is 0.532. The minimum absolute atomic E-state index is 0.0324. The molecular formula is C27H30ClN3O3. The first kappa shape index (κ1) is 24.1. The molecule has 1 aliphatic heterocycles. The van der Waals surface area contributed by atoms with Gasteiger partial charge in [0.05, 0.1) is 12.7 Å². The van der Waals surface area contributed by atoms with E-state index in [0.717, 1.165) is 33.2 Å². The van der Waals surface area contributed by atoms with Crippen molar-refractivity contribution >= 4 is 28.9 Å². The lowest BCUT2D eigenvalue weighted by Crippen LogP contribution is -2.41. The van der Waals surface area contributed by atoms with Crippen molar-refractivity contribution in [2.75, 3.05) is 43.1 Å². The second kappa shape index (κ2) is 11.4. The number of aliphatic hydroxyl groups is 1. The maximum atomic E-state index is 12.0. The summed E-state index contributed by atoms with van der Waals surface area (Å²) in [7, 11) is 0. The van der Waals surface area contributed by atoms with Crippen molar-refractivity contribution in [3.05, 3.63) is 95.2 Å². The average molecular weight is 480 g/mol. The lowest BCUT2D eigenvalue weighted by molar-refractivity contribution is -0.125. The van der Waals surface area contributed by atoms with E-state index < -0.39 is 6.10 Å². The molecule has 2 aliphatic rings. The minimum atomic E-state index is -0.619. The molecule has 2 aromatic rings. The Labute approximate surface area is 205 Å². The van der Waals surface area contributed by atoms with Gasteiger partial charge in [-0.05, 0) is 41.5 Å². The predicted octanol–water partition coefficient (Wildman–Crippen LogP) is 4.29. The third-order valence-electron chi connectivity index (χ3n) is 5.93. The smallest absolute Gasteiger partial charge is 0.253 e. The van der Waals surface area contributed by atoms with E-state index >= 15 is 0 Å². The minimum Gasteiger partial charge on any atom is -0.389 e. The highest BCUT2D eigenvalue weighted by Gasteiger charge is 2.21. The number of anilines is 2. The summed E-state index contributed by atoms with van der Waals surface area (Å²) in [5.74, 6) is -0.0324. The van der Waals surface area contributed by atoms with Crippen LogP contribution >= 0.6 is 11.6 Å². The molecule has 1 fully saturated rings. The van der Waals surface area contributed by atoms with E-state index in [9.17, 15) is 9.90 Å². The van der Waals surface area contributed by atoms with Gasteiger partial charge in [-0.1, -0.05) is 54.6 Å². The van der Waals surface area contributed by atoms with Gasteiger partial charge in [-0.15, -0.1) is 0 Å². The summed E-state index contributed by atoms with van der Waals surface area (Å²) in [6.45, 7) is 6.97. The number of nitrogens with zero attached hydrogens (tertiary/aromatic N) is 2. The van der Waals surface area contributed by atoms with Crippen molar-refractivity contribution in [2.45, 2.75) is 19.1 Å². The third-order valence-corrected chi connectivity index (χ3v) is 6.19. The van der Waals surface area contributed by atoms with Crippen LogP contribution in [0.4, 0.5) is 11.4 Å². The number of carbonyl (C=O) groups excluding carboxylic acids is 1. The van der Waals surface area contributed by atoms with Crippen molar-refractivity contribution in [3.63, 3.8) is 0 Å². The summed E-state index contributed by atoms with van der Waals surface area (Å²) in [4.78, 5) is 15.9. The highest BCUT2D eigenvalue weighted by molar-refractivity contribution is 6.30. The fourth-order valence-electron chi connectivity index (χ4n) is 4.07. The highest BCUT2D eigenvalue weighted by atomic mass is 35.5. The van der Waals surface area contributed by atoms with Crippen molar-refractivity contribution in [2.24, 2.45) is 0 Å². The van der Waals surface area contributed by atoms with Gasteiger partial charge in [0.25, 0.3) is 5.91 Å². The first-order chi connectivity index (χ1) is 16.5. The first-order valence-electron chi connectivity index (χ1n) is 11.4. The molecule has 0 spiro atoms. The number of ether oxygens (including phenoxy) is 1. The van der Waals surface area contributed by atoms with E-state index in [1.165, 1.54) is 0 Å². The molecule has 0 bridgehead atoms. The Hall–Kier alpha value is -3.06. The number of amides is 1. The van der Waals surface area contributed by atoms with Crippen LogP contribution in [0.5, 0.6) is 0 Å². The number of halogens is 1. The van der Waals surface area contributed by atoms with Gasteiger partial charge in [-0.25, -0.2) is 0 Å². The number of morpholine rings is 1. The molecule has 1 heterocycles. The third kappa shape index (κ3) is 6.29. The van der Waals surface area contributed by atoms with Crippen LogP contribution < -0.4 is 10.2 Å². The summed E-state index contributed by atoms with van der Waals surface area (Å²) >= 11 is 6.17. The number of benzene rings is 2. The SMILES string of the molecule is C=C(C1=CC=C(Cl)C1)N(Cc1ccccc1)CC(O)CNc1ccc(N2CCOCC2=O)cc1. The van der Waals surface area contributed by atoms with Crippen LogP contribution in [0.15, 0.2) is 89.6 Å². The van der Waals surface area contributed by atoms with Gasteiger partial charge in [-0.2, -0.15) is 0 Å². The Morgan fingerprint density at radius 3 is 2.62 bits per heavy atom. The molecule has 1 amide bonds. The second-order valence-electron chi connectivity index (χ2n) is 8.47. The lowest BCUT2D eigenvalue weighted by Gasteiger charge is -2.30. The van der Waals surface area contributed by atoms with Gasteiger partial charge in [-0.3, -0.25) is 4.79 Å². The molecule has 1 saturated heterocycles. The van der Waals surface area contributed by atoms with E-state index in [0.29, 0.717) is 39.2 Å².